The van der Waals surface area contributed by atoms with Crippen molar-refractivity contribution in [1.29, 1.82) is 0 Å². The van der Waals surface area contributed by atoms with Gasteiger partial charge in [-0.3, -0.25) is 9.36 Å². The maximum Gasteiger partial charge on any atom is 0.322 e. The fourth-order valence-corrected chi connectivity index (χ4v) is 5.31. The van der Waals surface area contributed by atoms with E-state index >= 15 is 0 Å². The average molecular weight is 419 g/mol. The molecule has 0 fully saturated rings. The van der Waals surface area contributed by atoms with E-state index in [9.17, 15) is 9.59 Å². The quantitative estimate of drug-likeness (QED) is 0.528. The number of anilines is 1. The van der Waals surface area contributed by atoms with E-state index in [0.717, 1.165) is 43.5 Å². The minimum Gasteiger partial charge on any atom is -0.319 e. The molecule has 0 atom stereocenters. The van der Waals surface area contributed by atoms with E-state index in [2.05, 4.69) is 10.3 Å². The molecule has 1 N–H and O–H groups in total. The van der Waals surface area contributed by atoms with Gasteiger partial charge in [0.25, 0.3) is 5.56 Å². The second-order valence-electron chi connectivity index (χ2n) is 7.56. The van der Waals surface area contributed by atoms with E-state index in [1.54, 1.807) is 10.9 Å². The monoisotopic (exact) mass is 418 g/mol. The molecule has 3 heterocycles. The summed E-state index contributed by atoms with van der Waals surface area (Å²) in [5.74, 6) is 0. The predicted molar refractivity (Wildman–Crippen MR) is 121 cm³/mol. The lowest BCUT2D eigenvalue weighted by Gasteiger charge is -2.27. The van der Waals surface area contributed by atoms with Crippen molar-refractivity contribution >= 4 is 44.0 Å². The van der Waals surface area contributed by atoms with Crippen LogP contribution in [0.25, 0.3) is 21.0 Å². The fraction of sp³-hybridized carbons (Fsp3) is 0.261. The molecule has 1 aliphatic rings. The Morgan fingerprint density at radius 3 is 2.90 bits per heavy atom. The summed E-state index contributed by atoms with van der Waals surface area (Å²) in [4.78, 5) is 34.0. The molecular formula is C23H22N4O2S. The number of aryl methyl sites for hydroxylation is 1. The van der Waals surface area contributed by atoms with Gasteiger partial charge in [0.2, 0.25) is 0 Å². The van der Waals surface area contributed by atoms with E-state index in [-0.39, 0.29) is 11.6 Å². The molecule has 30 heavy (non-hydrogen) atoms. The summed E-state index contributed by atoms with van der Waals surface area (Å²) in [6.07, 6.45) is 3.20. The van der Waals surface area contributed by atoms with Gasteiger partial charge in [-0.25, -0.2) is 9.78 Å². The zero-order chi connectivity index (χ0) is 20.7. The summed E-state index contributed by atoms with van der Waals surface area (Å²) >= 11 is 1.52. The molecular weight excluding hydrogens is 396 g/mol. The molecule has 5 rings (SSSR count). The number of hydrogen-bond acceptors (Lipinski definition) is 4. The number of urea groups is 1. The zero-order valence-electron chi connectivity index (χ0n) is 16.7. The Morgan fingerprint density at radius 1 is 1.20 bits per heavy atom. The first-order chi connectivity index (χ1) is 14.7. The number of benzene rings is 2. The maximum absolute atomic E-state index is 13.0. The summed E-state index contributed by atoms with van der Waals surface area (Å²) < 4.78 is 1.69. The van der Waals surface area contributed by atoms with Crippen LogP contribution in [0.2, 0.25) is 0 Å². The van der Waals surface area contributed by atoms with E-state index in [0.29, 0.717) is 26.1 Å². The maximum atomic E-state index is 13.0. The van der Waals surface area contributed by atoms with Crippen molar-refractivity contribution in [1.82, 2.24) is 14.5 Å². The van der Waals surface area contributed by atoms with Crippen molar-refractivity contribution in [3.8, 4) is 0 Å². The van der Waals surface area contributed by atoms with Gasteiger partial charge in [0.05, 0.1) is 23.9 Å². The highest BCUT2D eigenvalue weighted by Crippen LogP contribution is 2.32. The summed E-state index contributed by atoms with van der Waals surface area (Å²) in [5.41, 5.74) is 1.91. The van der Waals surface area contributed by atoms with Crippen LogP contribution in [0.3, 0.4) is 0 Å². The van der Waals surface area contributed by atoms with Crippen LogP contribution in [0.4, 0.5) is 10.5 Å². The van der Waals surface area contributed by atoms with Crippen LogP contribution in [-0.4, -0.2) is 27.0 Å². The number of carbonyl (C=O) groups is 1. The lowest BCUT2D eigenvalue weighted by atomic mass is 10.1. The molecule has 4 aromatic rings. The molecule has 0 spiro atoms. The third-order valence-electron chi connectivity index (χ3n) is 5.61. The number of rotatable bonds is 3. The fourth-order valence-electron chi connectivity index (χ4n) is 4.12. The van der Waals surface area contributed by atoms with Gasteiger partial charge >= 0.3 is 6.03 Å². The SMILES string of the molecule is CCCn1cnc2sc3c(c2c1=O)CCN(C(=O)Nc1cccc2ccccc12)C3. The van der Waals surface area contributed by atoms with Gasteiger partial charge < -0.3 is 10.2 Å². The van der Waals surface area contributed by atoms with Crippen LogP contribution in [0, 0.1) is 0 Å². The number of carbonyl (C=O) groups excluding carboxylic acids is 1. The first kappa shape index (κ1) is 18.8. The molecule has 0 bridgehead atoms. The van der Waals surface area contributed by atoms with Crippen LogP contribution in [0.15, 0.2) is 53.6 Å². The van der Waals surface area contributed by atoms with Gasteiger partial charge in [-0.05, 0) is 29.9 Å². The molecule has 2 aromatic carbocycles. The highest BCUT2D eigenvalue weighted by molar-refractivity contribution is 7.18. The second-order valence-corrected chi connectivity index (χ2v) is 8.64. The molecule has 0 aliphatic carbocycles. The van der Waals surface area contributed by atoms with Crippen LogP contribution < -0.4 is 10.9 Å². The molecule has 7 heteroatoms. The van der Waals surface area contributed by atoms with Crippen LogP contribution >= 0.6 is 11.3 Å². The lowest BCUT2D eigenvalue weighted by molar-refractivity contribution is 0.207. The summed E-state index contributed by atoms with van der Waals surface area (Å²) in [7, 11) is 0. The largest absolute Gasteiger partial charge is 0.322 e. The summed E-state index contributed by atoms with van der Waals surface area (Å²) in [6.45, 7) is 3.80. The molecule has 1 aliphatic heterocycles. The smallest absolute Gasteiger partial charge is 0.319 e. The Balaban J connectivity index is 1.42. The van der Waals surface area contributed by atoms with Crippen LogP contribution in [-0.2, 0) is 19.5 Å². The van der Waals surface area contributed by atoms with Gasteiger partial charge in [0, 0.05) is 23.4 Å². The molecule has 2 aromatic heterocycles. The van der Waals surface area contributed by atoms with E-state index < -0.39 is 0 Å². The Labute approximate surface area is 177 Å². The zero-order valence-corrected chi connectivity index (χ0v) is 17.5. The Morgan fingerprint density at radius 2 is 2.03 bits per heavy atom. The van der Waals surface area contributed by atoms with Gasteiger partial charge in [-0.1, -0.05) is 43.3 Å². The normalized spacial score (nSPS) is 13.6. The topological polar surface area (TPSA) is 67.2 Å². The predicted octanol–water partition coefficient (Wildman–Crippen LogP) is 4.61. The molecule has 152 valence electrons. The highest BCUT2D eigenvalue weighted by atomic mass is 32.1. The van der Waals surface area contributed by atoms with E-state index in [1.807, 2.05) is 54.3 Å². The molecule has 0 unspecified atom stereocenters. The third kappa shape index (κ3) is 3.15. The molecule has 0 saturated heterocycles. The number of hydrogen-bond donors (Lipinski definition) is 1. The third-order valence-corrected chi connectivity index (χ3v) is 6.74. The Kier molecular flexibility index (Phi) is 4.75. The van der Waals surface area contributed by atoms with Crippen molar-refractivity contribution in [3.63, 3.8) is 0 Å². The summed E-state index contributed by atoms with van der Waals surface area (Å²) in [5, 5.41) is 5.92. The van der Waals surface area contributed by atoms with E-state index in [1.165, 1.54) is 11.3 Å². The first-order valence-corrected chi connectivity index (χ1v) is 11.0. The van der Waals surface area contributed by atoms with Crippen LogP contribution in [0.5, 0.6) is 0 Å². The van der Waals surface area contributed by atoms with Crippen molar-refractivity contribution in [2.45, 2.75) is 32.9 Å². The van der Waals surface area contributed by atoms with Gasteiger partial charge in [-0.15, -0.1) is 11.3 Å². The standard InChI is InChI=1S/C23H22N4O2S/c1-2-11-27-14-24-21-20(22(27)28)17-10-12-26(13-19(17)30-21)23(29)25-18-9-5-7-15-6-3-4-8-16(15)18/h3-9,14H,2,10-13H2,1H3,(H,25,29). The molecule has 6 nitrogen and oxygen atoms in total. The number of nitrogens with zero attached hydrogens (tertiary/aromatic N) is 3. The second kappa shape index (κ2) is 7.57. The lowest BCUT2D eigenvalue weighted by Crippen LogP contribution is -2.38. The molecule has 2 amide bonds. The van der Waals surface area contributed by atoms with Gasteiger partial charge in [-0.2, -0.15) is 0 Å². The van der Waals surface area contributed by atoms with Crippen molar-refractivity contribution < 1.29 is 4.79 Å². The number of fused-ring (bicyclic) bond motifs is 4. The Hall–Kier alpha value is -3.19. The Bertz CT molecular complexity index is 1320. The van der Waals surface area contributed by atoms with Crippen LogP contribution in [0.1, 0.15) is 23.8 Å². The van der Waals surface area contributed by atoms with Crippen molar-refractivity contribution in [2.75, 3.05) is 11.9 Å². The number of amides is 2. The van der Waals surface area contributed by atoms with Gasteiger partial charge in [0.15, 0.2) is 0 Å². The van der Waals surface area contributed by atoms with Crippen molar-refractivity contribution in [3.05, 3.63) is 69.6 Å². The molecule has 0 saturated carbocycles. The number of thiophene rings is 1. The van der Waals surface area contributed by atoms with E-state index in [4.69, 9.17) is 0 Å². The van der Waals surface area contributed by atoms with Gasteiger partial charge in [0.1, 0.15) is 4.83 Å². The summed E-state index contributed by atoms with van der Waals surface area (Å²) in [6, 6.07) is 13.8. The number of aromatic nitrogens is 2. The highest BCUT2D eigenvalue weighted by Gasteiger charge is 2.26. The molecule has 0 radical (unpaired) electrons. The minimum absolute atomic E-state index is 0.0352. The van der Waals surface area contributed by atoms with Crippen molar-refractivity contribution in [2.24, 2.45) is 0 Å². The number of nitrogens with one attached hydrogen (secondary N) is 1. The minimum atomic E-state index is -0.120. The average Bonchev–Trinajstić information content (AvgIpc) is 3.14. The first-order valence-electron chi connectivity index (χ1n) is 10.2.